The number of rotatable bonds is 2. The summed E-state index contributed by atoms with van der Waals surface area (Å²) in [5, 5.41) is 11.0. The van der Waals surface area contributed by atoms with E-state index in [1.165, 1.54) is 0 Å². The van der Waals surface area contributed by atoms with Crippen molar-refractivity contribution in [2.24, 2.45) is 0 Å². The van der Waals surface area contributed by atoms with Crippen molar-refractivity contribution in [1.29, 1.82) is 5.26 Å². The third-order valence-electron chi connectivity index (χ3n) is 1.47. The normalized spacial score (nSPS) is 13.8. The molecule has 0 spiro atoms. The van der Waals surface area contributed by atoms with Gasteiger partial charge in [0.2, 0.25) is 0 Å². The second kappa shape index (κ2) is 3.63. The zero-order valence-corrected chi connectivity index (χ0v) is 6.64. The first-order valence-electron chi connectivity index (χ1n) is 3.28. The molecule has 0 aliphatic carbocycles. The van der Waals surface area contributed by atoms with Crippen LogP contribution in [0.25, 0.3) is 0 Å². The molecule has 11 heavy (non-hydrogen) atoms. The molecule has 0 radical (unpaired) electrons. The molecular weight excluding hydrogens is 140 g/mol. The number of nitrogens with zero attached hydrogens (tertiary/aromatic N) is 1. The number of terminal acetylenes is 1. The van der Waals surface area contributed by atoms with Crippen LogP contribution in [0.2, 0.25) is 0 Å². The molecule has 1 N–H and O–H groups in total. The van der Waals surface area contributed by atoms with Gasteiger partial charge in [0, 0.05) is 0 Å². The molecule has 0 aliphatic heterocycles. The van der Waals surface area contributed by atoms with E-state index >= 15 is 0 Å². The number of hydrogen-bond donors (Lipinski definition) is 1. The molecule has 0 bridgehead atoms. The van der Waals surface area contributed by atoms with Gasteiger partial charge in [0.1, 0.15) is 5.54 Å². The summed E-state index contributed by atoms with van der Waals surface area (Å²) in [6.07, 6.45) is 5.36. The van der Waals surface area contributed by atoms with E-state index in [0.717, 1.165) is 0 Å². The van der Waals surface area contributed by atoms with Gasteiger partial charge in [0.15, 0.2) is 0 Å². The minimum atomic E-state index is -0.830. The number of nitriles is 1. The molecule has 0 aromatic rings. The van der Waals surface area contributed by atoms with Crippen LogP contribution in [0.3, 0.4) is 0 Å². The molecule has 3 heteroatoms. The maximum absolute atomic E-state index is 10.6. The summed E-state index contributed by atoms with van der Waals surface area (Å²) in [4.78, 5) is 10.6. The second-order valence-electron chi connectivity index (χ2n) is 2.40. The lowest BCUT2D eigenvalue weighted by atomic mass is 10.0. The highest BCUT2D eigenvalue weighted by atomic mass is 16.1. The van der Waals surface area contributed by atoms with Crippen LogP contribution in [-0.4, -0.2) is 11.4 Å². The lowest BCUT2D eigenvalue weighted by Crippen LogP contribution is -2.43. The Morgan fingerprint density at radius 1 is 1.82 bits per heavy atom. The highest BCUT2D eigenvalue weighted by molar-refractivity contribution is 5.93. The van der Waals surface area contributed by atoms with Crippen molar-refractivity contribution in [2.45, 2.75) is 25.8 Å². The van der Waals surface area contributed by atoms with Crippen molar-refractivity contribution >= 4 is 5.91 Å². The van der Waals surface area contributed by atoms with Gasteiger partial charge in [0.25, 0.3) is 5.91 Å². The first-order valence-corrected chi connectivity index (χ1v) is 3.28. The standard InChI is InChI=1S/C8H10N2O/c1-4-7(11)10-8(3,5-2)6-9/h1H,5H2,2-3H3,(H,10,11). The number of hydrogen-bond acceptors (Lipinski definition) is 2. The Hall–Kier alpha value is -1.48. The minimum absolute atomic E-state index is 0.539. The van der Waals surface area contributed by atoms with Crippen LogP contribution in [0.15, 0.2) is 0 Å². The van der Waals surface area contributed by atoms with E-state index in [9.17, 15) is 4.79 Å². The molecule has 1 atom stereocenters. The van der Waals surface area contributed by atoms with Crippen molar-refractivity contribution in [1.82, 2.24) is 5.32 Å². The van der Waals surface area contributed by atoms with Crippen molar-refractivity contribution in [3.05, 3.63) is 0 Å². The average molecular weight is 150 g/mol. The van der Waals surface area contributed by atoms with Gasteiger partial charge < -0.3 is 5.32 Å². The van der Waals surface area contributed by atoms with Crippen molar-refractivity contribution in [3.8, 4) is 18.4 Å². The fraction of sp³-hybridized carbons (Fsp3) is 0.500. The van der Waals surface area contributed by atoms with Crippen molar-refractivity contribution < 1.29 is 4.79 Å². The van der Waals surface area contributed by atoms with Crippen LogP contribution in [0, 0.1) is 23.7 Å². The Morgan fingerprint density at radius 3 is 2.64 bits per heavy atom. The van der Waals surface area contributed by atoms with Gasteiger partial charge in [-0.1, -0.05) is 6.92 Å². The third-order valence-corrected chi connectivity index (χ3v) is 1.47. The van der Waals surface area contributed by atoms with Crippen LogP contribution in [0.1, 0.15) is 20.3 Å². The van der Waals surface area contributed by atoms with E-state index in [0.29, 0.717) is 6.42 Å². The summed E-state index contributed by atoms with van der Waals surface area (Å²) in [5.41, 5.74) is -0.830. The molecule has 1 unspecified atom stereocenters. The first kappa shape index (κ1) is 9.52. The molecule has 58 valence electrons. The largest absolute Gasteiger partial charge is 0.327 e. The lowest BCUT2D eigenvalue weighted by Gasteiger charge is -2.18. The molecule has 0 aromatic heterocycles. The number of carbonyl (C=O) groups is 1. The minimum Gasteiger partial charge on any atom is -0.327 e. The summed E-state index contributed by atoms with van der Waals surface area (Å²) < 4.78 is 0. The fourth-order valence-corrected chi connectivity index (χ4v) is 0.482. The van der Waals surface area contributed by atoms with E-state index in [1.54, 1.807) is 13.8 Å². The van der Waals surface area contributed by atoms with Gasteiger partial charge in [0.05, 0.1) is 6.07 Å². The molecule has 0 saturated carbocycles. The zero-order chi connectivity index (χ0) is 8.91. The summed E-state index contributed by atoms with van der Waals surface area (Å²) in [7, 11) is 0. The maximum Gasteiger partial charge on any atom is 0.296 e. The summed E-state index contributed by atoms with van der Waals surface area (Å²) in [6.45, 7) is 3.43. The molecule has 1 amide bonds. The first-order chi connectivity index (χ1) is 5.08. The van der Waals surface area contributed by atoms with Crippen LogP contribution in [0.4, 0.5) is 0 Å². The van der Waals surface area contributed by atoms with Gasteiger partial charge in [-0.25, -0.2) is 0 Å². The van der Waals surface area contributed by atoms with Crippen LogP contribution < -0.4 is 5.32 Å². The second-order valence-corrected chi connectivity index (χ2v) is 2.40. The molecule has 0 heterocycles. The Kier molecular flexibility index (Phi) is 3.14. The van der Waals surface area contributed by atoms with Crippen molar-refractivity contribution in [3.63, 3.8) is 0 Å². The molecule has 0 fully saturated rings. The predicted octanol–water partition coefficient (Wildman–Crippen LogP) is 0.428. The SMILES string of the molecule is C#CC(=O)NC(C)(C#N)CC. The Morgan fingerprint density at radius 2 is 2.36 bits per heavy atom. The Labute approximate surface area is 66.4 Å². The van der Waals surface area contributed by atoms with Crippen LogP contribution >= 0.6 is 0 Å². The van der Waals surface area contributed by atoms with E-state index in [-0.39, 0.29) is 0 Å². The van der Waals surface area contributed by atoms with E-state index in [2.05, 4.69) is 5.32 Å². The molecule has 0 aromatic carbocycles. The summed E-state index contributed by atoms with van der Waals surface area (Å²) >= 11 is 0. The monoisotopic (exact) mass is 150 g/mol. The molecule has 0 rings (SSSR count). The summed E-state index contributed by atoms with van der Waals surface area (Å²) in [5.74, 6) is 1.34. The number of nitrogens with one attached hydrogen (secondary N) is 1. The smallest absolute Gasteiger partial charge is 0.296 e. The van der Waals surface area contributed by atoms with E-state index in [4.69, 9.17) is 11.7 Å². The molecule has 3 nitrogen and oxygen atoms in total. The van der Waals surface area contributed by atoms with Gasteiger partial charge in [-0.15, -0.1) is 6.42 Å². The fourth-order valence-electron chi connectivity index (χ4n) is 0.482. The van der Waals surface area contributed by atoms with E-state index in [1.807, 2.05) is 12.0 Å². The molecular formula is C8H10N2O. The Balaban J connectivity index is 4.25. The maximum atomic E-state index is 10.6. The van der Waals surface area contributed by atoms with Crippen LogP contribution in [0.5, 0.6) is 0 Å². The van der Waals surface area contributed by atoms with Gasteiger partial charge in [-0.05, 0) is 19.3 Å². The lowest BCUT2D eigenvalue weighted by molar-refractivity contribution is -0.116. The zero-order valence-electron chi connectivity index (χ0n) is 6.64. The van der Waals surface area contributed by atoms with Crippen molar-refractivity contribution in [2.75, 3.05) is 0 Å². The summed E-state index contributed by atoms with van der Waals surface area (Å²) in [6, 6.07) is 1.97. The van der Waals surface area contributed by atoms with Gasteiger partial charge in [-0.2, -0.15) is 5.26 Å². The third kappa shape index (κ3) is 2.73. The quantitative estimate of drug-likeness (QED) is 0.580. The average Bonchev–Trinajstić information content (AvgIpc) is 2.04. The number of amides is 1. The van der Waals surface area contributed by atoms with Crippen LogP contribution in [-0.2, 0) is 4.79 Å². The molecule has 0 aliphatic rings. The predicted molar refractivity (Wildman–Crippen MR) is 41.3 cm³/mol. The number of carbonyl (C=O) groups excluding carboxylic acids is 1. The van der Waals surface area contributed by atoms with Gasteiger partial charge >= 0.3 is 0 Å². The molecule has 0 saturated heterocycles. The topological polar surface area (TPSA) is 52.9 Å². The highest BCUT2D eigenvalue weighted by Crippen LogP contribution is 2.05. The highest BCUT2D eigenvalue weighted by Gasteiger charge is 2.22. The Bertz CT molecular complexity index is 233. The van der Waals surface area contributed by atoms with E-state index < -0.39 is 11.4 Å². The van der Waals surface area contributed by atoms with Gasteiger partial charge in [-0.3, -0.25) is 4.79 Å².